The molecule has 24 heavy (non-hydrogen) atoms. The van der Waals surface area contributed by atoms with E-state index in [1.54, 1.807) is 18.3 Å². The number of aromatic nitrogens is 2. The van der Waals surface area contributed by atoms with Gasteiger partial charge in [0.2, 0.25) is 0 Å². The van der Waals surface area contributed by atoms with E-state index >= 15 is 0 Å². The fourth-order valence-corrected chi connectivity index (χ4v) is 4.12. The first-order valence-corrected chi connectivity index (χ1v) is 9.59. The lowest BCUT2D eigenvalue weighted by Crippen LogP contribution is -2.37. The Kier molecular flexibility index (Phi) is 5.05. The van der Waals surface area contributed by atoms with E-state index in [1.165, 1.54) is 23.0 Å². The van der Waals surface area contributed by atoms with Gasteiger partial charge in [-0.1, -0.05) is 11.8 Å². The molecule has 0 aliphatic heterocycles. The molecule has 1 N–H and O–H groups in total. The maximum absolute atomic E-state index is 12.0. The fourth-order valence-electron chi connectivity index (χ4n) is 2.22. The van der Waals surface area contributed by atoms with E-state index in [4.69, 9.17) is 4.74 Å². The number of thiophene rings is 1. The number of carbonyl (C=O) groups is 2. The van der Waals surface area contributed by atoms with Crippen LogP contribution in [0.1, 0.15) is 30.2 Å². The van der Waals surface area contributed by atoms with Crippen molar-refractivity contribution < 1.29 is 14.3 Å². The van der Waals surface area contributed by atoms with Gasteiger partial charge >= 0.3 is 5.97 Å². The summed E-state index contributed by atoms with van der Waals surface area (Å²) in [6.07, 6.45) is 2.75. The summed E-state index contributed by atoms with van der Waals surface area (Å²) in [7, 11) is 0. The molecule has 1 aliphatic carbocycles. The highest BCUT2D eigenvalue weighted by atomic mass is 32.2. The van der Waals surface area contributed by atoms with Crippen LogP contribution in [0.2, 0.25) is 0 Å². The predicted octanol–water partition coefficient (Wildman–Crippen LogP) is 2.61. The molecule has 0 saturated heterocycles. The van der Waals surface area contributed by atoms with Crippen LogP contribution >= 0.6 is 23.1 Å². The molecule has 0 aromatic carbocycles. The number of hydrogen-bond acceptors (Lipinski definition) is 7. The van der Waals surface area contributed by atoms with Crippen LogP contribution < -0.4 is 5.32 Å². The third kappa shape index (κ3) is 3.87. The number of fused-ring (bicyclic) bond motifs is 1. The van der Waals surface area contributed by atoms with Crippen LogP contribution in [0.25, 0.3) is 10.2 Å². The molecule has 6 nitrogen and oxygen atoms in total. The van der Waals surface area contributed by atoms with Gasteiger partial charge in [-0.3, -0.25) is 9.59 Å². The molecule has 1 aliphatic rings. The zero-order valence-electron chi connectivity index (χ0n) is 13.8. The standard InChI is InChI=1S/C16H19N3O3S2/c1-8-10(3)24-16-13(8)15(17-7-18-16)23-6-12(20)22-9(2)14(21)19-11-4-5-11/h7,9,11H,4-6H2,1-3H3,(H,19,21)/t9-/m1/s1. The largest absolute Gasteiger partial charge is 0.452 e. The molecule has 1 atom stereocenters. The van der Waals surface area contributed by atoms with Crippen LogP contribution in [0.4, 0.5) is 0 Å². The molecule has 3 rings (SSSR count). The monoisotopic (exact) mass is 365 g/mol. The summed E-state index contributed by atoms with van der Waals surface area (Å²) in [4.78, 5) is 34.5. The summed E-state index contributed by atoms with van der Waals surface area (Å²) in [6.45, 7) is 5.67. The molecular formula is C16H19N3O3S2. The second kappa shape index (κ2) is 7.06. The summed E-state index contributed by atoms with van der Waals surface area (Å²) >= 11 is 2.93. The van der Waals surface area contributed by atoms with Crippen LogP contribution in [0.5, 0.6) is 0 Å². The van der Waals surface area contributed by atoms with Crippen molar-refractivity contribution in [3.8, 4) is 0 Å². The lowest BCUT2D eigenvalue weighted by molar-refractivity contribution is -0.152. The Bertz CT molecular complexity index is 786. The minimum absolute atomic E-state index is 0.113. The van der Waals surface area contributed by atoms with Crippen molar-refractivity contribution in [3.63, 3.8) is 0 Å². The van der Waals surface area contributed by atoms with Crippen molar-refractivity contribution in [3.05, 3.63) is 16.8 Å². The van der Waals surface area contributed by atoms with Crippen LogP contribution in [0.3, 0.4) is 0 Å². The number of esters is 1. The highest BCUT2D eigenvalue weighted by molar-refractivity contribution is 8.00. The van der Waals surface area contributed by atoms with Gasteiger partial charge in [0.25, 0.3) is 5.91 Å². The molecule has 128 valence electrons. The number of thioether (sulfide) groups is 1. The zero-order chi connectivity index (χ0) is 17.3. The Morgan fingerprint density at radius 2 is 2.17 bits per heavy atom. The second-order valence-corrected chi connectivity index (χ2v) is 8.01. The highest BCUT2D eigenvalue weighted by Crippen LogP contribution is 2.34. The molecule has 1 fully saturated rings. The van der Waals surface area contributed by atoms with Crippen molar-refractivity contribution >= 4 is 45.2 Å². The molecule has 0 unspecified atom stereocenters. The number of amides is 1. The Morgan fingerprint density at radius 1 is 1.42 bits per heavy atom. The summed E-state index contributed by atoms with van der Waals surface area (Å²) in [5.74, 6) is -0.541. The molecular weight excluding hydrogens is 346 g/mol. The number of carbonyl (C=O) groups excluding carboxylic acids is 2. The maximum atomic E-state index is 12.0. The molecule has 2 aromatic rings. The normalized spacial score (nSPS) is 15.3. The van der Waals surface area contributed by atoms with E-state index in [0.717, 1.165) is 33.6 Å². The first kappa shape index (κ1) is 17.2. The van der Waals surface area contributed by atoms with Gasteiger partial charge in [-0.05, 0) is 39.2 Å². The first-order valence-electron chi connectivity index (χ1n) is 7.79. The number of aryl methyl sites for hydroxylation is 2. The number of rotatable bonds is 6. The zero-order valence-corrected chi connectivity index (χ0v) is 15.4. The number of hydrogen-bond donors (Lipinski definition) is 1. The van der Waals surface area contributed by atoms with E-state index in [0.29, 0.717) is 0 Å². The van der Waals surface area contributed by atoms with Crippen LogP contribution in [-0.2, 0) is 14.3 Å². The Morgan fingerprint density at radius 3 is 2.88 bits per heavy atom. The fraction of sp³-hybridized carbons (Fsp3) is 0.500. The van der Waals surface area contributed by atoms with Crippen LogP contribution in [0, 0.1) is 13.8 Å². The smallest absolute Gasteiger partial charge is 0.317 e. The quantitative estimate of drug-likeness (QED) is 0.481. The average molecular weight is 365 g/mol. The number of nitrogens with zero attached hydrogens (tertiary/aromatic N) is 2. The third-order valence-electron chi connectivity index (χ3n) is 3.86. The maximum Gasteiger partial charge on any atom is 0.317 e. The summed E-state index contributed by atoms with van der Waals surface area (Å²) in [5.41, 5.74) is 1.14. The first-order chi connectivity index (χ1) is 11.5. The lowest BCUT2D eigenvalue weighted by atomic mass is 10.2. The van der Waals surface area contributed by atoms with Crippen LogP contribution in [-0.4, -0.2) is 39.7 Å². The van der Waals surface area contributed by atoms with Crippen molar-refractivity contribution in [2.45, 2.75) is 50.8 Å². The van der Waals surface area contributed by atoms with Gasteiger partial charge < -0.3 is 10.1 Å². The van der Waals surface area contributed by atoms with Gasteiger partial charge in [-0.15, -0.1) is 11.3 Å². The molecule has 0 bridgehead atoms. The van der Waals surface area contributed by atoms with Crippen molar-refractivity contribution in [2.75, 3.05) is 5.75 Å². The molecule has 1 amide bonds. The summed E-state index contributed by atoms with van der Waals surface area (Å²) in [6, 6.07) is 0.257. The van der Waals surface area contributed by atoms with E-state index in [9.17, 15) is 9.59 Å². The summed E-state index contributed by atoms with van der Waals surface area (Å²) < 4.78 is 5.20. The Labute approximate surface area is 148 Å². The Hall–Kier alpha value is -1.67. The number of ether oxygens (including phenoxy) is 1. The molecule has 2 heterocycles. The minimum Gasteiger partial charge on any atom is -0.452 e. The van der Waals surface area contributed by atoms with Gasteiger partial charge in [0.05, 0.1) is 5.75 Å². The van der Waals surface area contributed by atoms with E-state index in [1.807, 2.05) is 13.8 Å². The highest BCUT2D eigenvalue weighted by Gasteiger charge is 2.27. The van der Waals surface area contributed by atoms with Gasteiger partial charge in [0, 0.05) is 16.3 Å². The molecule has 0 spiro atoms. The number of nitrogens with one attached hydrogen (secondary N) is 1. The van der Waals surface area contributed by atoms with Gasteiger partial charge in [0.1, 0.15) is 16.2 Å². The summed E-state index contributed by atoms with van der Waals surface area (Å²) in [5, 5.41) is 4.59. The topological polar surface area (TPSA) is 81.2 Å². The second-order valence-electron chi connectivity index (χ2n) is 5.85. The van der Waals surface area contributed by atoms with Crippen LogP contribution in [0.15, 0.2) is 11.4 Å². The molecule has 0 radical (unpaired) electrons. The molecule has 8 heteroatoms. The van der Waals surface area contributed by atoms with Crippen molar-refractivity contribution in [1.82, 2.24) is 15.3 Å². The SMILES string of the molecule is Cc1sc2ncnc(SCC(=O)O[C@H](C)C(=O)NC3CC3)c2c1C. The van der Waals surface area contributed by atoms with Gasteiger partial charge in [0.15, 0.2) is 6.10 Å². The van der Waals surface area contributed by atoms with E-state index in [2.05, 4.69) is 15.3 Å². The minimum atomic E-state index is -0.769. The lowest BCUT2D eigenvalue weighted by Gasteiger charge is -2.13. The third-order valence-corrected chi connectivity index (χ3v) is 5.94. The predicted molar refractivity (Wildman–Crippen MR) is 94.3 cm³/mol. The van der Waals surface area contributed by atoms with Gasteiger partial charge in [-0.25, -0.2) is 9.97 Å². The van der Waals surface area contributed by atoms with E-state index < -0.39 is 12.1 Å². The van der Waals surface area contributed by atoms with Crippen molar-refractivity contribution in [1.29, 1.82) is 0 Å². The van der Waals surface area contributed by atoms with E-state index in [-0.39, 0.29) is 17.7 Å². The van der Waals surface area contributed by atoms with Crippen molar-refractivity contribution in [2.24, 2.45) is 0 Å². The molecule has 2 aromatic heterocycles. The van der Waals surface area contributed by atoms with Gasteiger partial charge in [-0.2, -0.15) is 0 Å². The average Bonchev–Trinajstić information content (AvgIpc) is 3.31. The Balaban J connectivity index is 1.59. The molecule has 1 saturated carbocycles.